The molecule has 0 radical (unpaired) electrons. The molecule has 1 unspecified atom stereocenters. The van der Waals surface area contributed by atoms with Crippen molar-refractivity contribution in [2.45, 2.75) is 39.7 Å². The molecular weight excluding hydrogens is 212 g/mol. The van der Waals surface area contributed by atoms with Crippen molar-refractivity contribution in [3.63, 3.8) is 0 Å². The molecule has 0 fully saturated rings. The zero-order valence-corrected chi connectivity index (χ0v) is 11.1. The summed E-state index contributed by atoms with van der Waals surface area (Å²) in [6.45, 7) is 7.89. The molecule has 0 saturated heterocycles. The van der Waals surface area contributed by atoms with Gasteiger partial charge in [0.1, 0.15) is 0 Å². The molecule has 0 aliphatic rings. The van der Waals surface area contributed by atoms with Crippen molar-refractivity contribution >= 4 is 0 Å². The highest BCUT2D eigenvalue weighted by atomic mass is 16.5. The SMILES string of the molecule is CCOCCCC(NN)c1cccc(C)c1C. The van der Waals surface area contributed by atoms with Crippen LogP contribution in [-0.4, -0.2) is 13.2 Å². The fourth-order valence-corrected chi connectivity index (χ4v) is 2.01. The minimum atomic E-state index is 0.218. The van der Waals surface area contributed by atoms with E-state index in [1.54, 1.807) is 0 Å². The lowest BCUT2D eigenvalue weighted by atomic mass is 9.95. The molecule has 0 amide bonds. The average molecular weight is 236 g/mol. The number of hydrogen-bond donors (Lipinski definition) is 2. The van der Waals surface area contributed by atoms with Crippen LogP contribution in [0.4, 0.5) is 0 Å². The molecule has 0 saturated carbocycles. The van der Waals surface area contributed by atoms with E-state index >= 15 is 0 Å². The molecule has 96 valence electrons. The van der Waals surface area contributed by atoms with Gasteiger partial charge in [0.05, 0.1) is 0 Å². The summed E-state index contributed by atoms with van der Waals surface area (Å²) in [7, 11) is 0. The number of nitrogens with two attached hydrogens (primary N) is 1. The van der Waals surface area contributed by atoms with E-state index in [2.05, 4.69) is 37.5 Å². The van der Waals surface area contributed by atoms with Crippen LogP contribution in [0.15, 0.2) is 18.2 Å². The Kier molecular flexibility index (Phi) is 6.19. The van der Waals surface area contributed by atoms with Crippen molar-refractivity contribution in [3.8, 4) is 0 Å². The molecule has 1 rings (SSSR count). The number of hydrazine groups is 1. The summed E-state index contributed by atoms with van der Waals surface area (Å²) in [5.41, 5.74) is 6.84. The Morgan fingerprint density at radius 3 is 2.76 bits per heavy atom. The van der Waals surface area contributed by atoms with Crippen molar-refractivity contribution in [2.24, 2.45) is 5.84 Å². The fourth-order valence-electron chi connectivity index (χ4n) is 2.01. The summed E-state index contributed by atoms with van der Waals surface area (Å²) in [6.07, 6.45) is 2.02. The Hall–Kier alpha value is -0.900. The van der Waals surface area contributed by atoms with Crippen LogP contribution >= 0.6 is 0 Å². The summed E-state index contributed by atoms with van der Waals surface area (Å²) < 4.78 is 5.35. The van der Waals surface area contributed by atoms with Crippen molar-refractivity contribution < 1.29 is 4.74 Å². The summed E-state index contributed by atoms with van der Waals surface area (Å²) in [5, 5.41) is 0. The quantitative estimate of drug-likeness (QED) is 0.434. The molecular formula is C14H24N2O. The maximum absolute atomic E-state index is 5.65. The van der Waals surface area contributed by atoms with E-state index in [1.165, 1.54) is 16.7 Å². The second kappa shape index (κ2) is 7.43. The minimum Gasteiger partial charge on any atom is -0.382 e. The van der Waals surface area contributed by atoms with Gasteiger partial charge in [0.2, 0.25) is 0 Å². The van der Waals surface area contributed by atoms with Gasteiger partial charge in [0.15, 0.2) is 0 Å². The van der Waals surface area contributed by atoms with Gasteiger partial charge < -0.3 is 4.74 Å². The van der Waals surface area contributed by atoms with Gasteiger partial charge in [0, 0.05) is 19.3 Å². The molecule has 1 aromatic rings. The molecule has 0 aliphatic carbocycles. The molecule has 0 heterocycles. The van der Waals surface area contributed by atoms with Gasteiger partial charge in [0.25, 0.3) is 0 Å². The van der Waals surface area contributed by atoms with Crippen LogP contribution in [0.2, 0.25) is 0 Å². The summed E-state index contributed by atoms with van der Waals surface area (Å²) in [5.74, 6) is 5.65. The van der Waals surface area contributed by atoms with Crippen molar-refractivity contribution in [1.82, 2.24) is 5.43 Å². The van der Waals surface area contributed by atoms with Crippen LogP contribution in [-0.2, 0) is 4.74 Å². The molecule has 0 aromatic heterocycles. The number of benzene rings is 1. The number of aryl methyl sites for hydroxylation is 1. The molecule has 3 nitrogen and oxygen atoms in total. The van der Waals surface area contributed by atoms with Crippen molar-refractivity contribution in [2.75, 3.05) is 13.2 Å². The minimum absolute atomic E-state index is 0.218. The average Bonchev–Trinajstić information content (AvgIpc) is 2.34. The molecule has 3 N–H and O–H groups in total. The summed E-state index contributed by atoms with van der Waals surface area (Å²) in [4.78, 5) is 0. The number of nitrogens with one attached hydrogen (secondary N) is 1. The Labute approximate surface area is 104 Å². The predicted molar refractivity (Wildman–Crippen MR) is 71.7 cm³/mol. The highest BCUT2D eigenvalue weighted by Crippen LogP contribution is 2.23. The molecule has 17 heavy (non-hydrogen) atoms. The predicted octanol–water partition coefficient (Wildman–Crippen LogP) is 2.62. The molecule has 1 atom stereocenters. The van der Waals surface area contributed by atoms with E-state index in [0.29, 0.717) is 0 Å². The lowest BCUT2D eigenvalue weighted by Gasteiger charge is -2.19. The normalized spacial score (nSPS) is 12.7. The third-order valence-electron chi connectivity index (χ3n) is 3.21. The van der Waals surface area contributed by atoms with Crippen LogP contribution in [0.25, 0.3) is 0 Å². The van der Waals surface area contributed by atoms with Gasteiger partial charge in [-0.3, -0.25) is 11.3 Å². The molecule has 0 spiro atoms. The molecule has 1 aromatic carbocycles. The number of hydrogen-bond acceptors (Lipinski definition) is 3. The fraction of sp³-hybridized carbons (Fsp3) is 0.571. The zero-order chi connectivity index (χ0) is 12.7. The van der Waals surface area contributed by atoms with Crippen LogP contribution in [0.5, 0.6) is 0 Å². The second-order valence-corrected chi connectivity index (χ2v) is 4.35. The summed E-state index contributed by atoms with van der Waals surface area (Å²) >= 11 is 0. The zero-order valence-electron chi connectivity index (χ0n) is 11.1. The van der Waals surface area contributed by atoms with Crippen LogP contribution in [0, 0.1) is 13.8 Å². The van der Waals surface area contributed by atoms with Gasteiger partial charge >= 0.3 is 0 Å². The van der Waals surface area contributed by atoms with E-state index in [1.807, 2.05) is 6.92 Å². The van der Waals surface area contributed by atoms with E-state index in [4.69, 9.17) is 10.6 Å². The Morgan fingerprint density at radius 1 is 1.35 bits per heavy atom. The first-order chi connectivity index (χ1) is 8.20. The first kappa shape index (κ1) is 14.2. The highest BCUT2D eigenvalue weighted by Gasteiger charge is 2.12. The van der Waals surface area contributed by atoms with Gasteiger partial charge in [-0.15, -0.1) is 0 Å². The van der Waals surface area contributed by atoms with E-state index in [9.17, 15) is 0 Å². The van der Waals surface area contributed by atoms with Gasteiger partial charge in [-0.05, 0) is 50.3 Å². The number of ether oxygens (including phenoxy) is 1. The highest BCUT2D eigenvalue weighted by molar-refractivity contribution is 5.35. The van der Waals surface area contributed by atoms with Crippen LogP contribution in [0.1, 0.15) is 42.5 Å². The van der Waals surface area contributed by atoms with E-state index in [0.717, 1.165) is 26.1 Å². The molecule has 0 aliphatic heterocycles. The van der Waals surface area contributed by atoms with Crippen molar-refractivity contribution in [1.29, 1.82) is 0 Å². The largest absolute Gasteiger partial charge is 0.382 e. The topological polar surface area (TPSA) is 47.3 Å². The van der Waals surface area contributed by atoms with Gasteiger partial charge in [-0.2, -0.15) is 0 Å². The standard InChI is InChI=1S/C14H24N2O/c1-4-17-10-6-9-14(16-15)13-8-5-7-11(2)12(13)3/h5,7-8,14,16H,4,6,9-10,15H2,1-3H3. The lowest BCUT2D eigenvalue weighted by Crippen LogP contribution is -2.29. The Morgan fingerprint density at radius 2 is 2.12 bits per heavy atom. The summed E-state index contributed by atoms with van der Waals surface area (Å²) in [6, 6.07) is 6.58. The second-order valence-electron chi connectivity index (χ2n) is 4.35. The van der Waals surface area contributed by atoms with E-state index < -0.39 is 0 Å². The van der Waals surface area contributed by atoms with Crippen LogP contribution in [0.3, 0.4) is 0 Å². The van der Waals surface area contributed by atoms with Crippen molar-refractivity contribution in [3.05, 3.63) is 34.9 Å². The van der Waals surface area contributed by atoms with Gasteiger partial charge in [-0.1, -0.05) is 18.2 Å². The van der Waals surface area contributed by atoms with Crippen LogP contribution < -0.4 is 11.3 Å². The third-order valence-corrected chi connectivity index (χ3v) is 3.21. The first-order valence-electron chi connectivity index (χ1n) is 6.30. The maximum atomic E-state index is 5.65. The first-order valence-corrected chi connectivity index (χ1v) is 6.30. The lowest BCUT2D eigenvalue weighted by molar-refractivity contribution is 0.141. The third kappa shape index (κ3) is 4.11. The Balaban J connectivity index is 2.63. The van der Waals surface area contributed by atoms with Gasteiger partial charge in [-0.25, -0.2) is 0 Å². The smallest absolute Gasteiger partial charge is 0.0466 e. The monoisotopic (exact) mass is 236 g/mol. The molecule has 3 heteroatoms. The molecule has 0 bridgehead atoms. The number of rotatable bonds is 7. The Bertz CT molecular complexity index is 339. The van der Waals surface area contributed by atoms with E-state index in [-0.39, 0.29) is 6.04 Å². The maximum Gasteiger partial charge on any atom is 0.0466 e.